The standard InChI is InChI=1S/C21H31N5.2ClH.Mn/c1-3-10-20-18(8-1)22-12-13-23-19-9-2-4-11-21(19)25-15-17-7-5-6-16(26-17)14-24-20;;;/h5-7,18-21H,1-4,8-15H2;2*1H;/q-4;;;+2/p-2/t18-,19?,20-,21?;;;/m1.../s1. The third-order valence-electron chi connectivity index (χ3n) is 6.06. The van der Waals surface area contributed by atoms with Crippen LogP contribution >= 0.6 is 20.2 Å². The van der Waals surface area contributed by atoms with E-state index in [4.69, 9.17) is 46.4 Å². The fraction of sp³-hybridized carbons (Fsp3) is 0.762. The fourth-order valence-electron chi connectivity index (χ4n) is 4.61. The van der Waals surface area contributed by atoms with E-state index in [0.717, 1.165) is 24.5 Å². The Bertz CT molecular complexity index is 549. The zero-order valence-corrected chi connectivity index (χ0v) is 19.6. The molecular weight excluding hydrogens is 448 g/mol. The smallest absolute Gasteiger partial charge is 0.0201 e. The number of nitrogens with zero attached hydrogens (tertiary/aromatic N) is 5. The summed E-state index contributed by atoms with van der Waals surface area (Å²) in [5, 5.41) is 19.9. The number of pyridine rings is 1. The molecule has 2 heterocycles. The number of fused-ring (bicyclic) bond motifs is 4. The average molecular weight is 479 g/mol. The van der Waals surface area contributed by atoms with Crippen LogP contribution in [0.2, 0.25) is 0 Å². The topological polar surface area (TPSA) is 69.3 Å². The molecule has 8 heteroatoms. The van der Waals surface area contributed by atoms with Gasteiger partial charge in [0.1, 0.15) is 0 Å². The van der Waals surface area contributed by atoms with Gasteiger partial charge in [-0.25, -0.2) is 0 Å². The van der Waals surface area contributed by atoms with E-state index in [1.807, 2.05) is 0 Å². The normalized spacial score (nSPS) is 31.1. The summed E-state index contributed by atoms with van der Waals surface area (Å²) < 4.78 is 0. The van der Waals surface area contributed by atoms with Crippen molar-refractivity contribution in [1.82, 2.24) is 4.98 Å². The van der Waals surface area contributed by atoms with Crippen molar-refractivity contribution in [3.8, 4) is 0 Å². The molecule has 165 valence electrons. The van der Waals surface area contributed by atoms with Gasteiger partial charge in [0.15, 0.2) is 0 Å². The van der Waals surface area contributed by atoms with Crippen molar-refractivity contribution in [1.29, 1.82) is 0 Å². The summed E-state index contributed by atoms with van der Waals surface area (Å²) in [5.41, 5.74) is 2.14. The molecule has 0 saturated heterocycles. The molecule has 0 spiro atoms. The predicted molar refractivity (Wildman–Crippen MR) is 119 cm³/mol. The monoisotopic (exact) mass is 478 g/mol. The average Bonchev–Trinajstić information content (AvgIpc) is 2.76. The van der Waals surface area contributed by atoms with E-state index in [0.29, 0.717) is 37.3 Å². The Morgan fingerprint density at radius 1 is 0.690 bits per heavy atom. The van der Waals surface area contributed by atoms with Gasteiger partial charge in [-0.05, 0) is 12.1 Å². The molecular formula is C21H31Cl2MnN5-4. The molecule has 2 bridgehead atoms. The van der Waals surface area contributed by atoms with Gasteiger partial charge >= 0.3 is 33.3 Å². The summed E-state index contributed by atoms with van der Waals surface area (Å²) in [6, 6.07) is 7.81. The second kappa shape index (κ2) is 13.5. The van der Waals surface area contributed by atoms with Gasteiger partial charge < -0.3 is 21.3 Å². The maximum atomic E-state index is 4.99. The zero-order chi connectivity index (χ0) is 20.3. The first-order valence-electron chi connectivity index (χ1n) is 10.8. The van der Waals surface area contributed by atoms with Crippen molar-refractivity contribution in [3.05, 3.63) is 50.9 Å². The van der Waals surface area contributed by atoms with Crippen molar-refractivity contribution < 1.29 is 13.1 Å². The van der Waals surface area contributed by atoms with E-state index in [9.17, 15) is 0 Å². The third-order valence-corrected chi connectivity index (χ3v) is 6.06. The van der Waals surface area contributed by atoms with Crippen LogP contribution in [0.1, 0.15) is 62.8 Å². The van der Waals surface area contributed by atoms with Gasteiger partial charge in [-0.1, -0.05) is 57.4 Å². The Morgan fingerprint density at radius 3 is 1.48 bits per heavy atom. The van der Waals surface area contributed by atoms with Crippen LogP contribution in [0.15, 0.2) is 18.2 Å². The van der Waals surface area contributed by atoms with Crippen LogP contribution in [-0.4, -0.2) is 42.2 Å². The first kappa shape index (κ1) is 23.7. The van der Waals surface area contributed by atoms with Gasteiger partial charge in [-0.3, -0.25) is 4.98 Å². The molecule has 2 aliphatic carbocycles. The maximum Gasteiger partial charge on any atom is 0.0201 e. The first-order valence-corrected chi connectivity index (χ1v) is 14.0. The van der Waals surface area contributed by atoms with E-state index in [1.165, 1.54) is 51.4 Å². The molecule has 1 aromatic heterocycles. The van der Waals surface area contributed by atoms with Gasteiger partial charge in [0.25, 0.3) is 0 Å². The largest absolute Gasteiger partial charge is 0.662 e. The summed E-state index contributed by atoms with van der Waals surface area (Å²) in [6.45, 7) is 3.12. The molecule has 4 atom stereocenters. The Hall–Kier alpha value is 0.0895. The molecule has 5 nitrogen and oxygen atoms in total. The summed E-state index contributed by atoms with van der Waals surface area (Å²) in [5.74, 6) is 0. The number of hydrogen-bond donors (Lipinski definition) is 0. The Labute approximate surface area is 190 Å². The Morgan fingerprint density at radius 2 is 1.07 bits per heavy atom. The van der Waals surface area contributed by atoms with Gasteiger partial charge in [-0.2, -0.15) is 37.3 Å². The van der Waals surface area contributed by atoms with Crippen LogP contribution in [0, 0.1) is 0 Å². The summed E-state index contributed by atoms with van der Waals surface area (Å²) in [7, 11) is 9.59. The fourth-order valence-corrected chi connectivity index (χ4v) is 4.61. The van der Waals surface area contributed by atoms with Crippen LogP contribution in [0.4, 0.5) is 0 Å². The summed E-state index contributed by atoms with van der Waals surface area (Å²) >= 11 is 0.00694. The summed E-state index contributed by atoms with van der Waals surface area (Å²) in [4.78, 5) is 4.81. The van der Waals surface area contributed by atoms with E-state index in [1.54, 1.807) is 0 Å². The van der Waals surface area contributed by atoms with E-state index in [-0.39, 0.29) is 13.1 Å². The number of hydrogen-bond acceptors (Lipinski definition) is 1. The van der Waals surface area contributed by atoms with Gasteiger partial charge in [0, 0.05) is 11.4 Å². The molecule has 0 radical (unpaired) electrons. The SMILES string of the molecule is [Cl][Mn][Cl].c1cc2nc(c1)C[N-][C@@H]1CCCC[C@H]1[N-]CC[N-]C1CCCCC1[N-]C2. The van der Waals surface area contributed by atoms with E-state index < -0.39 is 0 Å². The van der Waals surface area contributed by atoms with Crippen molar-refractivity contribution >= 4 is 20.2 Å². The minimum atomic E-state index is 0.00694. The van der Waals surface area contributed by atoms with Gasteiger partial charge in [0.05, 0.1) is 0 Å². The molecule has 1 aromatic rings. The van der Waals surface area contributed by atoms with Crippen molar-refractivity contribution in [3.63, 3.8) is 0 Å². The number of rotatable bonds is 0. The number of aromatic nitrogens is 1. The molecule has 2 fully saturated rings. The predicted octanol–water partition coefficient (Wildman–Crippen LogP) is 6.59. The third kappa shape index (κ3) is 7.93. The van der Waals surface area contributed by atoms with E-state index >= 15 is 0 Å². The molecule has 0 N–H and O–H groups in total. The van der Waals surface area contributed by atoms with Gasteiger partial charge in [-0.15, -0.1) is 13.1 Å². The molecule has 0 aromatic carbocycles. The zero-order valence-electron chi connectivity index (χ0n) is 16.9. The second-order valence-corrected chi connectivity index (χ2v) is 9.96. The Kier molecular flexibility index (Phi) is 11.0. The molecule has 2 unspecified atom stereocenters. The molecule has 4 rings (SSSR count). The van der Waals surface area contributed by atoms with Crippen LogP contribution in [0.3, 0.4) is 0 Å². The van der Waals surface area contributed by atoms with Crippen LogP contribution in [0.25, 0.3) is 21.3 Å². The molecule has 3 aliphatic rings. The molecule has 2 saturated carbocycles. The van der Waals surface area contributed by atoms with Crippen LogP contribution in [-0.2, 0) is 26.2 Å². The minimum Gasteiger partial charge on any atom is -0.662 e. The second-order valence-electron chi connectivity index (χ2n) is 8.01. The van der Waals surface area contributed by atoms with E-state index in [2.05, 4.69) is 18.2 Å². The molecule has 0 amide bonds. The van der Waals surface area contributed by atoms with Crippen molar-refractivity contribution in [2.24, 2.45) is 0 Å². The van der Waals surface area contributed by atoms with Crippen molar-refractivity contribution in [2.45, 2.75) is 88.6 Å². The minimum absolute atomic E-state index is 0.00694. The molecule has 1 aliphatic heterocycles. The van der Waals surface area contributed by atoms with Crippen molar-refractivity contribution in [2.75, 3.05) is 13.1 Å². The summed E-state index contributed by atoms with van der Waals surface area (Å²) in [6.07, 6.45) is 9.84. The van der Waals surface area contributed by atoms with Gasteiger partial charge in [0.2, 0.25) is 0 Å². The number of halogens is 2. The maximum absolute atomic E-state index is 4.99. The van der Waals surface area contributed by atoms with Crippen LogP contribution in [0.5, 0.6) is 0 Å². The van der Waals surface area contributed by atoms with Crippen LogP contribution < -0.4 is 0 Å². The Balaban J connectivity index is 0.000000755. The first-order chi connectivity index (χ1) is 14.3. The quantitative estimate of drug-likeness (QED) is 0.387. The molecule has 29 heavy (non-hydrogen) atoms.